The lowest BCUT2D eigenvalue weighted by Gasteiger charge is -2.20. The lowest BCUT2D eigenvalue weighted by Crippen LogP contribution is -2.27. The monoisotopic (exact) mass is 316 g/mol. The molecule has 0 aliphatic carbocycles. The molecule has 0 bridgehead atoms. The maximum Gasteiger partial charge on any atom is 0.0485 e. The van der Waals surface area contributed by atoms with Crippen molar-refractivity contribution in [2.45, 2.75) is 39.7 Å². The second-order valence-electron chi connectivity index (χ2n) is 6.09. The summed E-state index contributed by atoms with van der Waals surface area (Å²) in [4.78, 5) is 2.53. The standard InChI is InChI=1S/C19H28N2S/c1-3-20(4-2)12-13-21-18-9-6-5-8-16(18)17-11-15-22-14-7-10-19(17)21/h5-6,8-9H,3-4,7,10-15H2,1-2H3. The van der Waals surface area contributed by atoms with Gasteiger partial charge in [0.15, 0.2) is 0 Å². The molecule has 0 amide bonds. The fraction of sp³-hybridized carbons (Fsp3) is 0.579. The molecule has 2 aromatic rings. The van der Waals surface area contributed by atoms with Crippen LogP contribution < -0.4 is 0 Å². The second kappa shape index (κ2) is 7.56. The molecule has 0 saturated heterocycles. The number of hydrogen-bond acceptors (Lipinski definition) is 2. The van der Waals surface area contributed by atoms with E-state index >= 15 is 0 Å². The normalized spacial score (nSPS) is 15.8. The SMILES string of the molecule is CCN(CC)CCn1c2c(c3ccccc31)CCSCCC2. The van der Waals surface area contributed by atoms with E-state index in [1.165, 1.54) is 41.7 Å². The molecule has 0 unspecified atom stereocenters. The average Bonchev–Trinajstić information content (AvgIpc) is 2.81. The Hall–Kier alpha value is -0.930. The number of rotatable bonds is 5. The zero-order valence-corrected chi connectivity index (χ0v) is 14.8. The van der Waals surface area contributed by atoms with Crippen LogP contribution in [0, 0.1) is 0 Å². The highest BCUT2D eigenvalue weighted by Gasteiger charge is 2.18. The molecule has 2 heterocycles. The predicted molar refractivity (Wildman–Crippen MR) is 99.1 cm³/mol. The van der Waals surface area contributed by atoms with Crippen molar-refractivity contribution in [1.29, 1.82) is 0 Å². The van der Waals surface area contributed by atoms with Crippen molar-refractivity contribution in [3.63, 3.8) is 0 Å². The van der Waals surface area contributed by atoms with Gasteiger partial charge in [-0.15, -0.1) is 0 Å². The highest BCUT2D eigenvalue weighted by molar-refractivity contribution is 7.99. The fourth-order valence-electron chi connectivity index (χ4n) is 3.65. The molecule has 3 rings (SSSR count). The van der Waals surface area contributed by atoms with Gasteiger partial charge in [-0.05, 0) is 55.5 Å². The van der Waals surface area contributed by atoms with E-state index in [0.717, 1.165) is 26.2 Å². The van der Waals surface area contributed by atoms with Crippen molar-refractivity contribution in [2.75, 3.05) is 31.1 Å². The molecule has 1 aromatic heterocycles. The predicted octanol–water partition coefficient (Wildman–Crippen LogP) is 4.21. The van der Waals surface area contributed by atoms with E-state index in [1.54, 1.807) is 11.3 Å². The van der Waals surface area contributed by atoms with Crippen molar-refractivity contribution >= 4 is 22.7 Å². The van der Waals surface area contributed by atoms with Gasteiger partial charge in [-0.2, -0.15) is 11.8 Å². The zero-order valence-electron chi connectivity index (χ0n) is 14.0. The number of para-hydroxylation sites is 1. The molecule has 3 heteroatoms. The first-order valence-electron chi connectivity index (χ1n) is 8.74. The number of benzene rings is 1. The van der Waals surface area contributed by atoms with Crippen LogP contribution in [0.5, 0.6) is 0 Å². The quantitative estimate of drug-likeness (QED) is 0.816. The first-order chi connectivity index (χ1) is 10.8. The molecule has 1 aromatic carbocycles. The van der Waals surface area contributed by atoms with Gasteiger partial charge in [-0.1, -0.05) is 32.0 Å². The van der Waals surface area contributed by atoms with Gasteiger partial charge in [0.2, 0.25) is 0 Å². The minimum absolute atomic E-state index is 1.13. The van der Waals surface area contributed by atoms with Crippen molar-refractivity contribution < 1.29 is 0 Å². The van der Waals surface area contributed by atoms with Crippen LogP contribution in [0.4, 0.5) is 0 Å². The smallest absolute Gasteiger partial charge is 0.0485 e. The highest BCUT2D eigenvalue weighted by atomic mass is 32.2. The topological polar surface area (TPSA) is 8.17 Å². The summed E-state index contributed by atoms with van der Waals surface area (Å²) in [5, 5.41) is 1.50. The molecule has 120 valence electrons. The van der Waals surface area contributed by atoms with E-state index in [4.69, 9.17) is 0 Å². The van der Waals surface area contributed by atoms with Crippen LogP contribution in [0.1, 0.15) is 31.5 Å². The van der Waals surface area contributed by atoms with Gasteiger partial charge >= 0.3 is 0 Å². The van der Waals surface area contributed by atoms with Crippen LogP contribution in [0.25, 0.3) is 10.9 Å². The number of likely N-dealkylation sites (N-methyl/N-ethyl adjacent to an activating group) is 1. The Kier molecular flexibility index (Phi) is 5.48. The van der Waals surface area contributed by atoms with Crippen LogP contribution in [-0.4, -0.2) is 40.6 Å². The maximum atomic E-state index is 2.62. The molecule has 0 spiro atoms. The molecule has 1 aliphatic heterocycles. The van der Waals surface area contributed by atoms with E-state index in [0.29, 0.717) is 0 Å². The summed E-state index contributed by atoms with van der Waals surface area (Å²) in [6.45, 7) is 9.11. The molecular weight excluding hydrogens is 288 g/mol. The number of aryl methyl sites for hydroxylation is 1. The van der Waals surface area contributed by atoms with Crippen LogP contribution in [0.15, 0.2) is 24.3 Å². The first-order valence-corrected chi connectivity index (χ1v) is 9.89. The summed E-state index contributed by atoms with van der Waals surface area (Å²) in [6.07, 6.45) is 3.80. The van der Waals surface area contributed by atoms with Crippen molar-refractivity contribution in [3.05, 3.63) is 35.5 Å². The van der Waals surface area contributed by atoms with E-state index in [1.807, 2.05) is 0 Å². The van der Waals surface area contributed by atoms with E-state index in [9.17, 15) is 0 Å². The third kappa shape index (κ3) is 3.21. The van der Waals surface area contributed by atoms with Crippen molar-refractivity contribution in [3.8, 4) is 0 Å². The molecule has 0 N–H and O–H groups in total. The van der Waals surface area contributed by atoms with Gasteiger partial charge in [0.25, 0.3) is 0 Å². The Bertz CT molecular complexity index is 613. The fourth-order valence-corrected chi connectivity index (χ4v) is 4.55. The number of hydrogen-bond donors (Lipinski definition) is 0. The lowest BCUT2D eigenvalue weighted by molar-refractivity contribution is 0.291. The number of nitrogens with zero attached hydrogens (tertiary/aromatic N) is 2. The molecular formula is C19H28N2S. The molecule has 0 radical (unpaired) electrons. The Morgan fingerprint density at radius 2 is 1.91 bits per heavy atom. The Balaban J connectivity index is 1.98. The van der Waals surface area contributed by atoms with Gasteiger partial charge in [-0.25, -0.2) is 0 Å². The van der Waals surface area contributed by atoms with E-state index in [-0.39, 0.29) is 0 Å². The minimum Gasteiger partial charge on any atom is -0.343 e. The average molecular weight is 317 g/mol. The first kappa shape index (κ1) is 15.9. The third-order valence-corrected chi connectivity index (χ3v) is 6.00. The Morgan fingerprint density at radius 1 is 1.09 bits per heavy atom. The summed E-state index contributed by atoms with van der Waals surface area (Å²) in [7, 11) is 0. The zero-order chi connectivity index (χ0) is 15.4. The van der Waals surface area contributed by atoms with E-state index < -0.39 is 0 Å². The van der Waals surface area contributed by atoms with Crippen molar-refractivity contribution in [1.82, 2.24) is 9.47 Å². The van der Waals surface area contributed by atoms with Crippen LogP contribution in [0.3, 0.4) is 0 Å². The number of fused-ring (bicyclic) bond motifs is 3. The molecule has 2 nitrogen and oxygen atoms in total. The van der Waals surface area contributed by atoms with Crippen LogP contribution >= 0.6 is 11.8 Å². The van der Waals surface area contributed by atoms with E-state index in [2.05, 4.69) is 59.3 Å². The van der Waals surface area contributed by atoms with Crippen LogP contribution in [-0.2, 0) is 19.4 Å². The second-order valence-corrected chi connectivity index (χ2v) is 7.31. The summed E-state index contributed by atoms with van der Waals surface area (Å²) in [6, 6.07) is 9.03. The summed E-state index contributed by atoms with van der Waals surface area (Å²) >= 11 is 2.12. The third-order valence-electron chi connectivity index (χ3n) is 4.93. The molecule has 1 aliphatic rings. The van der Waals surface area contributed by atoms with Crippen molar-refractivity contribution in [2.24, 2.45) is 0 Å². The summed E-state index contributed by atoms with van der Waals surface area (Å²) in [5.41, 5.74) is 4.70. The van der Waals surface area contributed by atoms with Crippen LogP contribution in [0.2, 0.25) is 0 Å². The number of thioether (sulfide) groups is 1. The van der Waals surface area contributed by atoms with Gasteiger partial charge in [0.1, 0.15) is 0 Å². The molecule has 22 heavy (non-hydrogen) atoms. The largest absolute Gasteiger partial charge is 0.343 e. The van der Waals surface area contributed by atoms with Gasteiger partial charge < -0.3 is 9.47 Å². The highest BCUT2D eigenvalue weighted by Crippen LogP contribution is 2.30. The summed E-state index contributed by atoms with van der Waals surface area (Å²) in [5.74, 6) is 2.59. The van der Waals surface area contributed by atoms with Gasteiger partial charge in [0.05, 0.1) is 0 Å². The maximum absolute atomic E-state index is 2.62. The summed E-state index contributed by atoms with van der Waals surface area (Å²) < 4.78 is 2.62. The Labute approximate surface area is 138 Å². The minimum atomic E-state index is 1.13. The lowest BCUT2D eigenvalue weighted by atomic mass is 10.1. The van der Waals surface area contributed by atoms with Gasteiger partial charge in [0, 0.05) is 29.7 Å². The Morgan fingerprint density at radius 3 is 2.73 bits per heavy atom. The number of aromatic nitrogens is 1. The van der Waals surface area contributed by atoms with Gasteiger partial charge in [-0.3, -0.25) is 0 Å². The molecule has 0 saturated carbocycles. The molecule has 0 fully saturated rings. The molecule has 0 atom stereocenters.